The van der Waals surface area contributed by atoms with Gasteiger partial charge in [-0.1, -0.05) is 18.2 Å². The highest BCUT2D eigenvalue weighted by Crippen LogP contribution is 2.23. The molecule has 0 radical (unpaired) electrons. The lowest BCUT2D eigenvalue weighted by atomic mass is 10.1. The third-order valence-electron chi connectivity index (χ3n) is 5.43. The molecule has 0 spiro atoms. The zero-order valence-corrected chi connectivity index (χ0v) is 19.2. The molecule has 3 aromatic carbocycles. The standard InChI is InChI=1S/C26H22FN3O6/c1-35-22-11-4-17(15-30-25(33)24(32)29-26(30)34)14-21(22)23(31)28-13-12-16-2-7-19(8-3-16)36-20-9-5-18(27)6-10-20/h2-11,14H,12-13,15H2,1H3,(H,28,31)(H,29,32,34). The molecule has 0 bridgehead atoms. The van der Waals surface area contributed by atoms with Crippen LogP contribution >= 0.6 is 0 Å². The molecule has 1 heterocycles. The Labute approximate surface area is 205 Å². The summed E-state index contributed by atoms with van der Waals surface area (Å²) in [6, 6.07) is 16.9. The van der Waals surface area contributed by atoms with Crippen molar-refractivity contribution in [2.75, 3.05) is 13.7 Å². The SMILES string of the molecule is COc1ccc(CN2C(=O)NC(=O)C2=O)cc1C(=O)NCCc1ccc(Oc2ccc(F)cc2)cc1. The first-order chi connectivity index (χ1) is 17.3. The predicted molar refractivity (Wildman–Crippen MR) is 126 cm³/mol. The lowest BCUT2D eigenvalue weighted by molar-refractivity contribution is -0.140. The lowest BCUT2D eigenvalue weighted by Crippen LogP contribution is -2.31. The van der Waals surface area contributed by atoms with E-state index in [-0.39, 0.29) is 17.9 Å². The number of benzene rings is 3. The molecule has 0 aromatic heterocycles. The second-order valence-electron chi connectivity index (χ2n) is 7.89. The van der Waals surface area contributed by atoms with Crippen molar-refractivity contribution in [3.63, 3.8) is 0 Å². The Bertz CT molecular complexity index is 1310. The van der Waals surface area contributed by atoms with Gasteiger partial charge < -0.3 is 14.8 Å². The molecule has 1 fully saturated rings. The molecule has 1 aliphatic rings. The van der Waals surface area contributed by atoms with E-state index in [4.69, 9.17) is 9.47 Å². The molecule has 1 aliphatic heterocycles. The van der Waals surface area contributed by atoms with Crippen molar-refractivity contribution in [1.29, 1.82) is 0 Å². The summed E-state index contributed by atoms with van der Waals surface area (Å²) in [7, 11) is 1.43. The van der Waals surface area contributed by atoms with Crippen molar-refractivity contribution in [3.05, 3.63) is 89.2 Å². The number of imide groups is 2. The van der Waals surface area contributed by atoms with E-state index in [0.29, 0.717) is 35.8 Å². The average Bonchev–Trinajstić information content (AvgIpc) is 3.12. The van der Waals surface area contributed by atoms with Gasteiger partial charge in [-0.25, -0.2) is 9.18 Å². The number of ether oxygens (including phenoxy) is 2. The molecular weight excluding hydrogens is 469 g/mol. The van der Waals surface area contributed by atoms with Crippen LogP contribution in [0.25, 0.3) is 0 Å². The highest BCUT2D eigenvalue weighted by Gasteiger charge is 2.36. The zero-order valence-electron chi connectivity index (χ0n) is 19.2. The molecule has 9 nitrogen and oxygen atoms in total. The van der Waals surface area contributed by atoms with E-state index < -0.39 is 23.8 Å². The van der Waals surface area contributed by atoms with E-state index in [0.717, 1.165) is 10.5 Å². The second kappa shape index (κ2) is 10.7. The number of carbonyl (C=O) groups is 4. The van der Waals surface area contributed by atoms with Crippen molar-refractivity contribution in [2.45, 2.75) is 13.0 Å². The predicted octanol–water partition coefficient (Wildman–Crippen LogP) is 3.18. The number of halogens is 1. The largest absolute Gasteiger partial charge is 0.496 e. The summed E-state index contributed by atoms with van der Waals surface area (Å²) >= 11 is 0. The highest BCUT2D eigenvalue weighted by molar-refractivity contribution is 6.44. The Kier molecular flexibility index (Phi) is 7.24. The van der Waals surface area contributed by atoms with Gasteiger partial charge in [-0.3, -0.25) is 24.6 Å². The van der Waals surface area contributed by atoms with Crippen LogP contribution in [-0.4, -0.2) is 42.3 Å². The fourth-order valence-electron chi connectivity index (χ4n) is 3.57. The van der Waals surface area contributed by atoms with Gasteiger partial charge >= 0.3 is 17.8 Å². The third-order valence-corrected chi connectivity index (χ3v) is 5.43. The van der Waals surface area contributed by atoms with Crippen LogP contribution in [0.2, 0.25) is 0 Å². The van der Waals surface area contributed by atoms with Crippen LogP contribution in [0.3, 0.4) is 0 Å². The van der Waals surface area contributed by atoms with Gasteiger partial charge in [-0.2, -0.15) is 0 Å². The van der Waals surface area contributed by atoms with Crippen molar-refractivity contribution in [1.82, 2.24) is 15.5 Å². The minimum absolute atomic E-state index is 0.160. The normalized spacial score (nSPS) is 12.9. The van der Waals surface area contributed by atoms with Crippen molar-refractivity contribution < 1.29 is 33.0 Å². The van der Waals surface area contributed by atoms with Crippen LogP contribution in [0.15, 0.2) is 66.7 Å². The van der Waals surface area contributed by atoms with Gasteiger partial charge in [0.1, 0.15) is 23.1 Å². The summed E-state index contributed by atoms with van der Waals surface area (Å²) in [4.78, 5) is 48.6. The van der Waals surface area contributed by atoms with Crippen LogP contribution in [0.5, 0.6) is 17.2 Å². The van der Waals surface area contributed by atoms with Crippen LogP contribution in [0.4, 0.5) is 9.18 Å². The molecule has 0 unspecified atom stereocenters. The number of nitrogens with one attached hydrogen (secondary N) is 2. The van der Waals surface area contributed by atoms with Crippen molar-refractivity contribution in [3.8, 4) is 17.2 Å². The lowest BCUT2D eigenvalue weighted by Gasteiger charge is -2.14. The molecule has 36 heavy (non-hydrogen) atoms. The first-order valence-corrected chi connectivity index (χ1v) is 11.0. The van der Waals surface area contributed by atoms with Crippen molar-refractivity contribution >= 4 is 23.8 Å². The van der Waals surface area contributed by atoms with E-state index in [1.807, 2.05) is 17.4 Å². The summed E-state index contributed by atoms with van der Waals surface area (Å²) in [6.07, 6.45) is 0.551. The highest BCUT2D eigenvalue weighted by atomic mass is 19.1. The summed E-state index contributed by atoms with van der Waals surface area (Å²) in [5.41, 5.74) is 1.68. The second-order valence-corrected chi connectivity index (χ2v) is 7.89. The minimum atomic E-state index is -0.985. The van der Waals surface area contributed by atoms with Crippen LogP contribution in [-0.2, 0) is 22.6 Å². The molecule has 1 saturated heterocycles. The number of urea groups is 1. The summed E-state index contributed by atoms with van der Waals surface area (Å²) in [6.45, 7) is 0.179. The van der Waals surface area contributed by atoms with E-state index in [9.17, 15) is 23.6 Å². The first kappa shape index (κ1) is 24.4. The molecule has 184 valence electrons. The molecule has 0 aliphatic carbocycles. The molecule has 3 aromatic rings. The maximum absolute atomic E-state index is 13.0. The van der Waals surface area contributed by atoms with Crippen molar-refractivity contribution in [2.24, 2.45) is 0 Å². The maximum atomic E-state index is 13.0. The number of methoxy groups -OCH3 is 1. The fourth-order valence-corrected chi connectivity index (χ4v) is 3.57. The Morgan fingerprint density at radius 2 is 1.58 bits per heavy atom. The maximum Gasteiger partial charge on any atom is 0.331 e. The van der Waals surface area contributed by atoms with Crippen LogP contribution in [0.1, 0.15) is 21.5 Å². The molecule has 5 amide bonds. The number of amides is 5. The Balaban J connectivity index is 1.34. The molecule has 2 N–H and O–H groups in total. The van der Waals surface area contributed by atoms with E-state index in [1.54, 1.807) is 36.4 Å². The van der Waals surface area contributed by atoms with Gasteiger partial charge in [-0.15, -0.1) is 0 Å². The number of nitrogens with zero attached hydrogens (tertiary/aromatic N) is 1. The molecular formula is C26H22FN3O6. The quantitative estimate of drug-likeness (QED) is 0.351. The topological polar surface area (TPSA) is 114 Å². The number of hydrogen-bond donors (Lipinski definition) is 2. The molecule has 0 saturated carbocycles. The third kappa shape index (κ3) is 5.66. The number of carbonyl (C=O) groups excluding carboxylic acids is 4. The summed E-state index contributed by atoms with van der Waals surface area (Å²) < 4.78 is 24.0. The minimum Gasteiger partial charge on any atom is -0.496 e. The van der Waals surface area contributed by atoms with Crippen LogP contribution in [0, 0.1) is 5.82 Å². The van der Waals surface area contributed by atoms with Gasteiger partial charge in [0, 0.05) is 6.54 Å². The average molecular weight is 491 g/mol. The molecule has 4 rings (SSSR count). The summed E-state index contributed by atoms with van der Waals surface area (Å²) in [5.74, 6) is -1.21. The fraction of sp³-hybridized carbons (Fsp3) is 0.154. The van der Waals surface area contributed by atoms with Crippen LogP contribution < -0.4 is 20.1 Å². The monoisotopic (exact) mass is 491 g/mol. The Morgan fingerprint density at radius 3 is 2.19 bits per heavy atom. The van der Waals surface area contributed by atoms with Gasteiger partial charge in [0.2, 0.25) is 0 Å². The van der Waals surface area contributed by atoms with Gasteiger partial charge in [0.05, 0.1) is 19.2 Å². The Hall–Kier alpha value is -4.73. The summed E-state index contributed by atoms with van der Waals surface area (Å²) in [5, 5.41) is 4.76. The number of hydrogen-bond acceptors (Lipinski definition) is 6. The van der Waals surface area contributed by atoms with Gasteiger partial charge in [-0.05, 0) is 66.1 Å². The van der Waals surface area contributed by atoms with E-state index >= 15 is 0 Å². The Morgan fingerprint density at radius 1 is 0.944 bits per heavy atom. The molecule has 10 heteroatoms. The van der Waals surface area contributed by atoms with Gasteiger partial charge in [0.25, 0.3) is 5.91 Å². The zero-order chi connectivity index (χ0) is 25.7. The first-order valence-electron chi connectivity index (χ1n) is 11.0. The smallest absolute Gasteiger partial charge is 0.331 e. The van der Waals surface area contributed by atoms with E-state index in [2.05, 4.69) is 5.32 Å². The molecule has 0 atom stereocenters. The number of rotatable bonds is 9. The van der Waals surface area contributed by atoms with E-state index in [1.165, 1.54) is 25.3 Å². The van der Waals surface area contributed by atoms with Gasteiger partial charge in [0.15, 0.2) is 0 Å².